The van der Waals surface area contributed by atoms with Crippen LogP contribution in [0.3, 0.4) is 0 Å². The van der Waals surface area contributed by atoms with Crippen molar-refractivity contribution in [3.63, 3.8) is 0 Å². The van der Waals surface area contributed by atoms with E-state index in [1.54, 1.807) is 7.05 Å². The molecule has 21 heavy (non-hydrogen) atoms. The molecule has 8 rings (SSSR count). The van der Waals surface area contributed by atoms with Gasteiger partial charge in [-0.3, -0.25) is 0 Å². The molecule has 2 spiro atoms. The molecule has 3 heterocycles. The molecular weight excluding hydrogens is 266 g/mol. The van der Waals surface area contributed by atoms with E-state index in [1.807, 2.05) is 9.36 Å². The average Bonchev–Trinajstić information content (AvgIpc) is 3.05. The molecule has 7 aliphatic rings. The minimum absolute atomic E-state index is 0.0701. The second-order valence-electron chi connectivity index (χ2n) is 9.51. The van der Waals surface area contributed by atoms with Crippen LogP contribution in [0, 0.1) is 39.9 Å². The molecule has 5 fully saturated rings. The van der Waals surface area contributed by atoms with E-state index >= 15 is 0 Å². The lowest BCUT2D eigenvalue weighted by Crippen LogP contribution is -2.51. The molecule has 0 N–H and O–H groups in total. The molecule has 5 saturated carbocycles. The Morgan fingerprint density at radius 1 is 0.905 bits per heavy atom. The Bertz CT molecular complexity index is 836. The second-order valence-corrected chi connectivity index (χ2v) is 9.51. The molecule has 0 saturated heterocycles. The molecule has 2 aliphatic heterocycles. The van der Waals surface area contributed by atoms with E-state index in [2.05, 4.69) is 13.8 Å². The van der Waals surface area contributed by atoms with Crippen molar-refractivity contribution in [2.45, 2.75) is 38.8 Å². The van der Waals surface area contributed by atoms with Gasteiger partial charge in [-0.1, -0.05) is 13.8 Å². The predicted molar refractivity (Wildman–Crippen MR) is 73.8 cm³/mol. The molecule has 2 bridgehead atoms. The summed E-state index contributed by atoms with van der Waals surface area (Å²) in [5.41, 5.74) is 0.995. The van der Waals surface area contributed by atoms with Crippen LogP contribution in [0.5, 0.6) is 0 Å². The van der Waals surface area contributed by atoms with Crippen LogP contribution >= 0.6 is 0 Å². The van der Waals surface area contributed by atoms with Crippen LogP contribution in [0.4, 0.5) is 0 Å². The van der Waals surface area contributed by atoms with Gasteiger partial charge in [0.2, 0.25) is 0 Å². The molecule has 5 heteroatoms. The van der Waals surface area contributed by atoms with Gasteiger partial charge in [0.15, 0.2) is 0 Å². The number of rotatable bonds is 0. The van der Waals surface area contributed by atoms with Crippen LogP contribution in [0.2, 0.25) is 0 Å². The summed E-state index contributed by atoms with van der Waals surface area (Å²) < 4.78 is 5.14. The summed E-state index contributed by atoms with van der Waals surface area (Å²) in [4.78, 5) is 25.2. The SMILES string of the molecule is Cn1c(=O)n2n(c1=O)[C@@H]1[C@@H]3C4C5[C@@]16CC(C)(C)C[C@]56[C@@H]2[C@@H]43. The molecule has 8 atom stereocenters. The third-order valence-corrected chi connectivity index (χ3v) is 8.52. The lowest BCUT2D eigenvalue weighted by molar-refractivity contribution is 0.0178. The van der Waals surface area contributed by atoms with Gasteiger partial charge < -0.3 is 0 Å². The summed E-state index contributed by atoms with van der Waals surface area (Å²) in [7, 11) is 1.64. The van der Waals surface area contributed by atoms with Crippen LogP contribution in [-0.2, 0) is 7.05 Å². The molecule has 110 valence electrons. The largest absolute Gasteiger partial charge is 0.347 e. The van der Waals surface area contributed by atoms with Crippen LogP contribution in [-0.4, -0.2) is 13.9 Å². The molecule has 1 aromatic rings. The number of hydrogen-bond acceptors (Lipinski definition) is 2. The molecular formula is C16H19N3O2. The van der Waals surface area contributed by atoms with Crippen molar-refractivity contribution in [3.8, 4) is 0 Å². The average molecular weight is 285 g/mol. The second kappa shape index (κ2) is 2.20. The standard InChI is InChI=1S/C16H19N3O2/c1-14(2)4-15-9-6-7-8(6)11(16(9,15)5-14)19-13(21)17(3)12(20)18(19)10(7)15/h6-11H,4-5H2,1-3H3/t6?,7-,8+,9?,10-,11+,15+,16-. The first-order chi connectivity index (χ1) is 9.88. The Balaban J connectivity index is 1.64. The van der Waals surface area contributed by atoms with Gasteiger partial charge in [0, 0.05) is 17.9 Å². The fraction of sp³-hybridized carbons (Fsp3) is 0.875. The number of aromatic nitrogens is 3. The van der Waals surface area contributed by atoms with Crippen molar-refractivity contribution in [3.05, 3.63) is 21.0 Å². The molecule has 2 unspecified atom stereocenters. The zero-order chi connectivity index (χ0) is 14.3. The first-order valence-corrected chi connectivity index (χ1v) is 8.29. The molecule has 0 aromatic carbocycles. The van der Waals surface area contributed by atoms with Crippen molar-refractivity contribution in [2.24, 2.45) is 47.0 Å². The van der Waals surface area contributed by atoms with Gasteiger partial charge in [-0.15, -0.1) is 0 Å². The minimum Gasteiger partial charge on any atom is -0.246 e. The van der Waals surface area contributed by atoms with E-state index in [4.69, 9.17) is 0 Å². The smallest absolute Gasteiger partial charge is 0.246 e. The van der Waals surface area contributed by atoms with Gasteiger partial charge in [-0.25, -0.2) is 23.5 Å². The van der Waals surface area contributed by atoms with Gasteiger partial charge in [0.1, 0.15) is 0 Å². The summed E-state index contributed by atoms with van der Waals surface area (Å²) in [6.45, 7) is 4.77. The molecule has 0 radical (unpaired) electrons. The maximum atomic E-state index is 12.6. The van der Waals surface area contributed by atoms with Gasteiger partial charge in [-0.05, 0) is 41.9 Å². The summed E-state index contributed by atoms with van der Waals surface area (Å²) in [5, 5.41) is 0. The Morgan fingerprint density at radius 3 is 1.86 bits per heavy atom. The Labute approximate surface area is 121 Å². The van der Waals surface area contributed by atoms with E-state index in [0.29, 0.717) is 28.3 Å². The quantitative estimate of drug-likeness (QED) is 0.706. The monoisotopic (exact) mass is 285 g/mol. The van der Waals surface area contributed by atoms with Crippen molar-refractivity contribution >= 4 is 0 Å². The minimum atomic E-state index is -0.0701. The summed E-state index contributed by atoms with van der Waals surface area (Å²) in [6, 6.07) is 0.677. The summed E-state index contributed by atoms with van der Waals surface area (Å²) in [6.07, 6.45) is 2.53. The summed E-state index contributed by atoms with van der Waals surface area (Å²) in [5.74, 6) is 3.11. The first-order valence-electron chi connectivity index (χ1n) is 8.29. The highest BCUT2D eigenvalue weighted by molar-refractivity contribution is 5.51. The number of hydrogen-bond donors (Lipinski definition) is 0. The topological polar surface area (TPSA) is 48.9 Å². The third-order valence-electron chi connectivity index (χ3n) is 8.52. The van der Waals surface area contributed by atoms with Crippen LogP contribution in [0.25, 0.3) is 0 Å². The zero-order valence-corrected chi connectivity index (χ0v) is 12.5. The Hall–Kier alpha value is -1.26. The Kier molecular flexibility index (Phi) is 1.10. The highest BCUT2D eigenvalue weighted by Gasteiger charge is 3.04. The van der Waals surface area contributed by atoms with Gasteiger partial charge in [0.25, 0.3) is 0 Å². The Morgan fingerprint density at radius 2 is 1.38 bits per heavy atom. The van der Waals surface area contributed by atoms with Crippen LogP contribution < -0.4 is 11.4 Å². The first kappa shape index (κ1) is 10.5. The van der Waals surface area contributed by atoms with E-state index < -0.39 is 0 Å². The number of nitrogens with zero attached hydrogens (tertiary/aromatic N) is 3. The van der Waals surface area contributed by atoms with E-state index in [0.717, 1.165) is 23.7 Å². The zero-order valence-electron chi connectivity index (χ0n) is 12.5. The highest BCUT2D eigenvalue weighted by Crippen LogP contribution is 3.06. The van der Waals surface area contributed by atoms with Crippen molar-refractivity contribution < 1.29 is 0 Å². The normalized spacial score (nSPS) is 60.9. The molecule has 5 aliphatic carbocycles. The van der Waals surface area contributed by atoms with E-state index in [-0.39, 0.29) is 11.4 Å². The maximum absolute atomic E-state index is 12.6. The molecule has 0 amide bonds. The summed E-state index contributed by atoms with van der Waals surface area (Å²) >= 11 is 0. The van der Waals surface area contributed by atoms with Gasteiger partial charge in [-0.2, -0.15) is 0 Å². The maximum Gasteiger partial charge on any atom is 0.347 e. The van der Waals surface area contributed by atoms with Crippen molar-refractivity contribution in [1.82, 2.24) is 13.9 Å². The van der Waals surface area contributed by atoms with Crippen molar-refractivity contribution in [2.75, 3.05) is 0 Å². The van der Waals surface area contributed by atoms with E-state index in [9.17, 15) is 9.59 Å². The van der Waals surface area contributed by atoms with Crippen molar-refractivity contribution in [1.29, 1.82) is 0 Å². The molecule has 5 nitrogen and oxygen atoms in total. The highest BCUT2D eigenvalue weighted by atomic mass is 16.2. The lowest BCUT2D eigenvalue weighted by atomic mass is 9.73. The lowest BCUT2D eigenvalue weighted by Gasteiger charge is -2.45. The van der Waals surface area contributed by atoms with Crippen LogP contribution in [0.15, 0.2) is 9.59 Å². The predicted octanol–water partition coefficient (Wildman–Crippen LogP) is 0.756. The van der Waals surface area contributed by atoms with Gasteiger partial charge >= 0.3 is 11.4 Å². The van der Waals surface area contributed by atoms with Gasteiger partial charge in [0.05, 0.1) is 12.1 Å². The van der Waals surface area contributed by atoms with E-state index in [1.165, 1.54) is 17.4 Å². The van der Waals surface area contributed by atoms with Crippen LogP contribution in [0.1, 0.15) is 38.8 Å². The third kappa shape index (κ3) is 0.624. The fourth-order valence-corrected chi connectivity index (χ4v) is 8.90. The fourth-order valence-electron chi connectivity index (χ4n) is 8.90. The molecule has 1 aromatic heterocycles.